The molecule has 1 aromatic carbocycles. The summed E-state index contributed by atoms with van der Waals surface area (Å²) in [5.74, 6) is 0.0382. The van der Waals surface area contributed by atoms with Crippen LogP contribution in [-0.2, 0) is 0 Å². The molecule has 0 saturated heterocycles. The number of hydrogen-bond acceptors (Lipinski definition) is 2. The SMILES string of the molecule is Cc1c(Cl)cccc1C(=O)c1ccsc1. The van der Waals surface area contributed by atoms with Gasteiger partial charge in [-0.1, -0.05) is 23.7 Å². The van der Waals surface area contributed by atoms with E-state index in [0.29, 0.717) is 10.6 Å². The Balaban J connectivity index is 2.47. The van der Waals surface area contributed by atoms with E-state index in [2.05, 4.69) is 0 Å². The molecule has 76 valence electrons. The predicted octanol–water partition coefficient (Wildman–Crippen LogP) is 3.94. The number of benzene rings is 1. The van der Waals surface area contributed by atoms with Crippen LogP contribution in [0.5, 0.6) is 0 Å². The molecule has 0 saturated carbocycles. The van der Waals surface area contributed by atoms with E-state index in [-0.39, 0.29) is 5.78 Å². The van der Waals surface area contributed by atoms with Gasteiger partial charge < -0.3 is 0 Å². The molecular weight excluding hydrogens is 228 g/mol. The van der Waals surface area contributed by atoms with Crippen LogP contribution < -0.4 is 0 Å². The first-order chi connectivity index (χ1) is 7.20. The van der Waals surface area contributed by atoms with E-state index in [1.54, 1.807) is 18.2 Å². The van der Waals surface area contributed by atoms with Gasteiger partial charge >= 0.3 is 0 Å². The Hall–Kier alpha value is -1.12. The minimum Gasteiger partial charge on any atom is -0.289 e. The lowest BCUT2D eigenvalue weighted by Gasteiger charge is -2.04. The first-order valence-electron chi connectivity index (χ1n) is 4.52. The van der Waals surface area contributed by atoms with Crippen molar-refractivity contribution < 1.29 is 4.79 Å². The maximum atomic E-state index is 12.0. The van der Waals surface area contributed by atoms with Crippen molar-refractivity contribution >= 4 is 28.7 Å². The van der Waals surface area contributed by atoms with E-state index in [9.17, 15) is 4.79 Å². The highest BCUT2D eigenvalue weighted by Gasteiger charge is 2.12. The monoisotopic (exact) mass is 236 g/mol. The molecule has 0 unspecified atom stereocenters. The lowest BCUT2D eigenvalue weighted by molar-refractivity contribution is 0.103. The highest BCUT2D eigenvalue weighted by molar-refractivity contribution is 7.08. The molecule has 1 nitrogen and oxygen atoms in total. The fraction of sp³-hybridized carbons (Fsp3) is 0.0833. The van der Waals surface area contributed by atoms with E-state index in [1.165, 1.54) is 11.3 Å². The maximum absolute atomic E-state index is 12.0. The quantitative estimate of drug-likeness (QED) is 0.722. The fourth-order valence-electron chi connectivity index (χ4n) is 1.40. The molecule has 2 aromatic rings. The van der Waals surface area contributed by atoms with Gasteiger partial charge in [0.15, 0.2) is 5.78 Å². The summed E-state index contributed by atoms with van der Waals surface area (Å²) < 4.78 is 0. The summed E-state index contributed by atoms with van der Waals surface area (Å²) >= 11 is 7.49. The number of carbonyl (C=O) groups excluding carboxylic acids is 1. The normalized spacial score (nSPS) is 10.3. The zero-order valence-corrected chi connectivity index (χ0v) is 9.73. The first kappa shape index (κ1) is 10.4. The molecule has 0 aliphatic rings. The third-order valence-electron chi connectivity index (χ3n) is 2.30. The Labute approximate surface area is 97.3 Å². The molecule has 0 radical (unpaired) electrons. The van der Waals surface area contributed by atoms with Crippen molar-refractivity contribution in [2.75, 3.05) is 0 Å². The van der Waals surface area contributed by atoms with Crippen LogP contribution in [0, 0.1) is 6.92 Å². The summed E-state index contributed by atoms with van der Waals surface area (Å²) in [5, 5.41) is 4.38. The standard InChI is InChI=1S/C12H9ClOS/c1-8-10(3-2-4-11(8)13)12(14)9-5-6-15-7-9/h2-7H,1H3. The smallest absolute Gasteiger partial charge is 0.194 e. The number of hydrogen-bond donors (Lipinski definition) is 0. The molecular formula is C12H9ClOS. The molecule has 0 aliphatic carbocycles. The average Bonchev–Trinajstić information content (AvgIpc) is 2.74. The zero-order valence-electron chi connectivity index (χ0n) is 8.16. The van der Waals surface area contributed by atoms with Crippen molar-refractivity contribution in [3.05, 3.63) is 56.7 Å². The molecule has 0 fully saturated rings. The van der Waals surface area contributed by atoms with Gasteiger partial charge in [-0.3, -0.25) is 4.79 Å². The molecule has 0 N–H and O–H groups in total. The Morgan fingerprint density at radius 3 is 2.80 bits per heavy atom. The lowest BCUT2D eigenvalue weighted by Crippen LogP contribution is -2.02. The minimum absolute atomic E-state index is 0.0382. The van der Waals surface area contributed by atoms with Crippen LogP contribution >= 0.6 is 22.9 Å². The Bertz CT molecular complexity index is 488. The topological polar surface area (TPSA) is 17.1 Å². The lowest BCUT2D eigenvalue weighted by atomic mass is 10.0. The zero-order chi connectivity index (χ0) is 10.8. The molecule has 0 bridgehead atoms. The molecule has 2 rings (SSSR count). The van der Waals surface area contributed by atoms with Gasteiger partial charge in [-0.15, -0.1) is 0 Å². The fourth-order valence-corrected chi connectivity index (χ4v) is 2.21. The Kier molecular flexibility index (Phi) is 2.89. The van der Waals surface area contributed by atoms with E-state index >= 15 is 0 Å². The summed E-state index contributed by atoms with van der Waals surface area (Å²) in [7, 11) is 0. The van der Waals surface area contributed by atoms with Crippen LogP contribution in [-0.4, -0.2) is 5.78 Å². The van der Waals surface area contributed by atoms with E-state index in [1.807, 2.05) is 23.8 Å². The average molecular weight is 237 g/mol. The van der Waals surface area contributed by atoms with Crippen LogP contribution in [0.15, 0.2) is 35.0 Å². The van der Waals surface area contributed by atoms with Gasteiger partial charge in [0, 0.05) is 21.5 Å². The van der Waals surface area contributed by atoms with E-state index in [4.69, 9.17) is 11.6 Å². The highest BCUT2D eigenvalue weighted by atomic mass is 35.5. The number of rotatable bonds is 2. The van der Waals surface area contributed by atoms with Crippen molar-refractivity contribution in [1.82, 2.24) is 0 Å². The van der Waals surface area contributed by atoms with Crippen LogP contribution in [0.1, 0.15) is 21.5 Å². The van der Waals surface area contributed by atoms with Crippen molar-refractivity contribution in [1.29, 1.82) is 0 Å². The van der Waals surface area contributed by atoms with Crippen molar-refractivity contribution in [2.45, 2.75) is 6.92 Å². The number of thiophene rings is 1. The predicted molar refractivity (Wildman–Crippen MR) is 63.9 cm³/mol. The number of halogens is 1. The van der Waals surface area contributed by atoms with Crippen molar-refractivity contribution in [3.8, 4) is 0 Å². The second-order valence-electron chi connectivity index (χ2n) is 3.25. The van der Waals surface area contributed by atoms with Gasteiger partial charge in [0.25, 0.3) is 0 Å². The Morgan fingerprint density at radius 2 is 2.13 bits per heavy atom. The van der Waals surface area contributed by atoms with Gasteiger partial charge in [0.05, 0.1) is 0 Å². The van der Waals surface area contributed by atoms with Gasteiger partial charge in [0.1, 0.15) is 0 Å². The van der Waals surface area contributed by atoms with E-state index in [0.717, 1.165) is 11.1 Å². The van der Waals surface area contributed by atoms with E-state index < -0.39 is 0 Å². The van der Waals surface area contributed by atoms with Crippen molar-refractivity contribution in [3.63, 3.8) is 0 Å². The second-order valence-corrected chi connectivity index (χ2v) is 4.44. The molecule has 3 heteroatoms. The molecule has 0 spiro atoms. The first-order valence-corrected chi connectivity index (χ1v) is 5.84. The van der Waals surface area contributed by atoms with Crippen LogP contribution in [0.2, 0.25) is 5.02 Å². The van der Waals surface area contributed by atoms with Gasteiger partial charge in [-0.25, -0.2) is 0 Å². The second kappa shape index (κ2) is 4.17. The molecule has 15 heavy (non-hydrogen) atoms. The molecule has 0 amide bonds. The maximum Gasteiger partial charge on any atom is 0.194 e. The minimum atomic E-state index is 0.0382. The molecule has 1 aromatic heterocycles. The third kappa shape index (κ3) is 1.96. The highest BCUT2D eigenvalue weighted by Crippen LogP contribution is 2.22. The number of carbonyl (C=O) groups is 1. The summed E-state index contributed by atoms with van der Waals surface area (Å²) in [5.41, 5.74) is 2.25. The molecule has 0 aliphatic heterocycles. The largest absolute Gasteiger partial charge is 0.289 e. The molecule has 0 atom stereocenters. The van der Waals surface area contributed by atoms with Gasteiger partial charge in [-0.2, -0.15) is 11.3 Å². The summed E-state index contributed by atoms with van der Waals surface area (Å²) in [6.45, 7) is 1.86. The summed E-state index contributed by atoms with van der Waals surface area (Å²) in [6.07, 6.45) is 0. The van der Waals surface area contributed by atoms with Gasteiger partial charge in [0.2, 0.25) is 0 Å². The van der Waals surface area contributed by atoms with Gasteiger partial charge in [-0.05, 0) is 30.0 Å². The summed E-state index contributed by atoms with van der Waals surface area (Å²) in [4.78, 5) is 12.0. The van der Waals surface area contributed by atoms with Crippen LogP contribution in [0.4, 0.5) is 0 Å². The molecule has 1 heterocycles. The van der Waals surface area contributed by atoms with Crippen molar-refractivity contribution in [2.24, 2.45) is 0 Å². The van der Waals surface area contributed by atoms with Crippen LogP contribution in [0.3, 0.4) is 0 Å². The Morgan fingerprint density at radius 1 is 1.33 bits per heavy atom. The van der Waals surface area contributed by atoms with Crippen LogP contribution in [0.25, 0.3) is 0 Å². The summed E-state index contributed by atoms with van der Waals surface area (Å²) in [6, 6.07) is 7.23. The number of ketones is 1. The third-order valence-corrected chi connectivity index (χ3v) is 3.39.